The smallest absolute Gasteiger partial charge is 0.375 e. The normalized spacial score (nSPS) is 16.6. The molecule has 0 aliphatic carbocycles. The van der Waals surface area contributed by atoms with Gasteiger partial charge in [0.05, 0.1) is 36.4 Å². The summed E-state index contributed by atoms with van der Waals surface area (Å²) in [6, 6.07) is 0. The van der Waals surface area contributed by atoms with Crippen LogP contribution < -0.4 is 0 Å². The lowest BCUT2D eigenvalue weighted by atomic mass is 9.97. The van der Waals surface area contributed by atoms with Crippen molar-refractivity contribution in [2.75, 3.05) is 13.2 Å². The molecule has 0 aromatic heterocycles. The quantitative estimate of drug-likeness (QED) is 0.118. The van der Waals surface area contributed by atoms with Gasteiger partial charge in [0.1, 0.15) is 17.8 Å². The summed E-state index contributed by atoms with van der Waals surface area (Å²) >= 11 is 0. The molecule has 238 valence electrons. The fraction of sp³-hybridized carbons (Fsp3) is 0.926. The van der Waals surface area contributed by atoms with Crippen LogP contribution in [0.1, 0.15) is 89.0 Å². The van der Waals surface area contributed by atoms with E-state index in [4.69, 9.17) is 20.6 Å². The molecule has 0 heterocycles. The van der Waals surface area contributed by atoms with Gasteiger partial charge in [-0.05, 0) is 75.7 Å². The third-order valence-electron chi connectivity index (χ3n) is 6.43. The molecule has 2 atom stereocenters. The zero-order valence-corrected chi connectivity index (χ0v) is 25.1. The minimum Gasteiger partial charge on any atom is -0.375 e. The Balaban J connectivity index is 5.47. The molecule has 13 heteroatoms. The van der Waals surface area contributed by atoms with Crippen LogP contribution >= 0.6 is 0 Å². The first-order chi connectivity index (χ1) is 17.4. The molecule has 0 bridgehead atoms. The topological polar surface area (TPSA) is 46.2 Å². The van der Waals surface area contributed by atoms with Gasteiger partial charge in [0.25, 0.3) is 5.92 Å². The van der Waals surface area contributed by atoms with Crippen molar-refractivity contribution in [1.82, 2.24) is 0 Å². The van der Waals surface area contributed by atoms with E-state index >= 15 is 0 Å². The van der Waals surface area contributed by atoms with E-state index in [2.05, 4.69) is 15.4 Å². The summed E-state index contributed by atoms with van der Waals surface area (Å²) < 4.78 is 141. The third kappa shape index (κ3) is 11.2. The van der Waals surface area contributed by atoms with Crippen LogP contribution in [0.2, 0.25) is 0 Å². The van der Waals surface area contributed by atoms with Gasteiger partial charge in [-0.2, -0.15) is 26.3 Å². The number of halogens is 8. The highest BCUT2D eigenvalue weighted by Gasteiger charge is 2.70. The SMILES string of the molecule is C#CCOC(C)(C)CCOC(C)(C)CC(F)(F)OC(C)(C)C(F)(F)C(F)(F)OC(C)C(C)OC(C)(C)C(C)(F)F. The Kier molecular flexibility index (Phi) is 12.6. The number of hydrogen-bond donors (Lipinski definition) is 0. The van der Waals surface area contributed by atoms with Gasteiger partial charge in [-0.1, -0.05) is 5.92 Å². The van der Waals surface area contributed by atoms with Crippen LogP contribution in [0.4, 0.5) is 35.1 Å². The Labute approximate surface area is 232 Å². The van der Waals surface area contributed by atoms with Crippen LogP contribution in [-0.4, -0.2) is 71.9 Å². The Morgan fingerprint density at radius 3 is 1.60 bits per heavy atom. The van der Waals surface area contributed by atoms with E-state index < -0.39 is 65.1 Å². The number of hydrogen-bond acceptors (Lipinski definition) is 5. The summed E-state index contributed by atoms with van der Waals surface area (Å²) in [6.07, 6.45) is -8.89. The van der Waals surface area contributed by atoms with Gasteiger partial charge < -0.3 is 23.7 Å². The number of ether oxygens (including phenoxy) is 5. The standard InChI is InChI=1S/C27H44F8O5/c1-13-15-36-20(4,5)14-16-37-21(6,7)17-25(30,31)40-23(10,11)26(32,33)27(34,35)39-19(3)18(2)38-22(8,9)24(12,28)29/h1,18-19H,14-17H2,2-12H3. The van der Waals surface area contributed by atoms with Crippen molar-refractivity contribution in [3.8, 4) is 12.3 Å². The summed E-state index contributed by atoms with van der Waals surface area (Å²) in [6.45, 7) is 11.1. The highest BCUT2D eigenvalue weighted by atomic mass is 19.3. The first kappa shape index (κ1) is 38.8. The van der Waals surface area contributed by atoms with E-state index in [-0.39, 0.29) is 19.6 Å². The van der Waals surface area contributed by atoms with E-state index in [1.54, 1.807) is 13.8 Å². The Hall–Kier alpha value is -1.20. The summed E-state index contributed by atoms with van der Waals surface area (Å²) in [5.74, 6) is -6.41. The summed E-state index contributed by atoms with van der Waals surface area (Å²) in [7, 11) is 0. The monoisotopic (exact) mass is 600 g/mol. The second-order valence-corrected chi connectivity index (χ2v) is 12.2. The molecule has 40 heavy (non-hydrogen) atoms. The predicted octanol–water partition coefficient (Wildman–Crippen LogP) is 7.85. The van der Waals surface area contributed by atoms with Crippen LogP contribution in [-0.2, 0) is 23.7 Å². The van der Waals surface area contributed by atoms with E-state index in [0.29, 0.717) is 20.8 Å². The molecule has 0 radical (unpaired) electrons. The van der Waals surface area contributed by atoms with Gasteiger partial charge >= 0.3 is 18.1 Å². The molecule has 0 saturated carbocycles. The van der Waals surface area contributed by atoms with Crippen LogP contribution in [0.25, 0.3) is 0 Å². The van der Waals surface area contributed by atoms with Gasteiger partial charge in [-0.15, -0.1) is 6.42 Å². The maximum Gasteiger partial charge on any atom is 0.422 e. The lowest BCUT2D eigenvalue weighted by molar-refractivity contribution is -0.430. The largest absolute Gasteiger partial charge is 0.422 e. The molecule has 0 rings (SSSR count). The maximum atomic E-state index is 15.0. The van der Waals surface area contributed by atoms with Gasteiger partial charge in [0, 0.05) is 6.92 Å². The van der Waals surface area contributed by atoms with Crippen molar-refractivity contribution in [2.24, 2.45) is 0 Å². The molecular formula is C27H44F8O5. The average Bonchev–Trinajstić information content (AvgIpc) is 2.68. The second kappa shape index (κ2) is 13.0. The minimum absolute atomic E-state index is 0.0251. The van der Waals surface area contributed by atoms with Gasteiger partial charge in [0.15, 0.2) is 0 Å². The Morgan fingerprint density at radius 1 is 0.675 bits per heavy atom. The van der Waals surface area contributed by atoms with Gasteiger partial charge in [0.2, 0.25) is 0 Å². The van der Waals surface area contributed by atoms with Crippen molar-refractivity contribution < 1.29 is 58.8 Å². The second-order valence-electron chi connectivity index (χ2n) is 12.2. The third-order valence-corrected chi connectivity index (χ3v) is 6.43. The summed E-state index contributed by atoms with van der Waals surface area (Å²) in [4.78, 5) is 0. The van der Waals surface area contributed by atoms with Crippen molar-refractivity contribution in [2.45, 2.75) is 148 Å². The lowest BCUT2D eigenvalue weighted by Gasteiger charge is -2.42. The molecule has 5 nitrogen and oxygen atoms in total. The highest BCUT2D eigenvalue weighted by Crippen LogP contribution is 2.48. The van der Waals surface area contributed by atoms with E-state index in [1.807, 2.05) is 0 Å². The molecule has 0 amide bonds. The highest BCUT2D eigenvalue weighted by molar-refractivity contribution is 4.96. The first-order valence-electron chi connectivity index (χ1n) is 12.7. The molecule has 0 aliphatic heterocycles. The minimum atomic E-state index is -5.35. The van der Waals surface area contributed by atoms with Crippen molar-refractivity contribution in [1.29, 1.82) is 0 Å². The molecule has 2 unspecified atom stereocenters. The van der Waals surface area contributed by atoms with Crippen molar-refractivity contribution in [3.63, 3.8) is 0 Å². The zero-order valence-electron chi connectivity index (χ0n) is 25.1. The summed E-state index contributed by atoms with van der Waals surface area (Å²) in [5, 5.41) is 0. The van der Waals surface area contributed by atoms with E-state index in [0.717, 1.165) is 27.7 Å². The van der Waals surface area contributed by atoms with Crippen molar-refractivity contribution >= 4 is 0 Å². The number of alkyl halides is 8. The number of rotatable bonds is 18. The molecule has 0 spiro atoms. The van der Waals surface area contributed by atoms with E-state index in [1.165, 1.54) is 13.8 Å². The van der Waals surface area contributed by atoms with Crippen LogP contribution in [0.15, 0.2) is 0 Å². The molecule has 0 fully saturated rings. The first-order valence-corrected chi connectivity index (χ1v) is 12.7. The molecule has 0 aromatic rings. The van der Waals surface area contributed by atoms with Gasteiger partial charge in [-0.3, -0.25) is 0 Å². The maximum absolute atomic E-state index is 15.0. The van der Waals surface area contributed by atoms with Crippen molar-refractivity contribution in [3.05, 3.63) is 0 Å². The Bertz CT molecular complexity index is 845. The van der Waals surface area contributed by atoms with E-state index in [9.17, 15) is 35.1 Å². The number of terminal acetylenes is 1. The van der Waals surface area contributed by atoms with Crippen LogP contribution in [0.3, 0.4) is 0 Å². The molecule has 0 aliphatic rings. The molecule has 0 N–H and O–H groups in total. The zero-order chi connectivity index (χ0) is 32.2. The van der Waals surface area contributed by atoms with Crippen LogP contribution in [0.5, 0.6) is 0 Å². The summed E-state index contributed by atoms with van der Waals surface area (Å²) in [5.41, 5.74) is -7.96. The van der Waals surface area contributed by atoms with Crippen LogP contribution in [0, 0.1) is 12.3 Å². The average molecular weight is 601 g/mol. The lowest BCUT2D eigenvalue weighted by Crippen LogP contribution is -2.61. The Morgan fingerprint density at radius 2 is 1.15 bits per heavy atom. The molecule has 0 saturated heterocycles. The fourth-order valence-electron chi connectivity index (χ4n) is 3.32. The van der Waals surface area contributed by atoms with Gasteiger partial charge in [-0.25, -0.2) is 8.78 Å². The molecular weight excluding hydrogens is 556 g/mol. The molecule has 0 aromatic carbocycles. The predicted molar refractivity (Wildman–Crippen MR) is 134 cm³/mol. The fourth-order valence-corrected chi connectivity index (χ4v) is 3.32.